The fraction of sp³-hybridized carbons (Fsp3) is 0.118. The van der Waals surface area contributed by atoms with Gasteiger partial charge in [-0.3, -0.25) is 4.79 Å². The summed E-state index contributed by atoms with van der Waals surface area (Å²) in [6, 6.07) is 12.2. The van der Waals surface area contributed by atoms with E-state index in [1.807, 2.05) is 24.3 Å². The Balaban J connectivity index is 1.60. The largest absolute Gasteiger partial charge is 0.507 e. The monoisotopic (exact) mass is 342 g/mol. The molecule has 0 unspecified atom stereocenters. The first-order valence-corrected chi connectivity index (χ1v) is 7.66. The lowest BCUT2D eigenvalue weighted by Gasteiger charge is -2.08. The second-order valence-electron chi connectivity index (χ2n) is 5.25. The second kappa shape index (κ2) is 7.14. The summed E-state index contributed by atoms with van der Waals surface area (Å²) in [6.07, 6.45) is 3.15. The molecule has 0 aliphatic heterocycles. The molecule has 0 saturated carbocycles. The molecule has 2 N–H and O–H groups in total. The van der Waals surface area contributed by atoms with Gasteiger partial charge in [0.25, 0.3) is 5.91 Å². The predicted octanol–water partition coefficient (Wildman–Crippen LogP) is 2.62. The average molecular weight is 343 g/mol. The number of nitrogens with zero attached hydrogens (tertiary/aromatic N) is 3. The minimum atomic E-state index is -0.373. The molecule has 1 aromatic heterocycles. The number of benzene rings is 2. The Morgan fingerprint density at radius 1 is 1.17 bits per heavy atom. The third-order valence-electron chi connectivity index (χ3n) is 3.49. The Morgan fingerprint density at radius 2 is 1.92 bits per heavy atom. The van der Waals surface area contributed by atoms with Gasteiger partial charge in [0, 0.05) is 11.6 Å². The predicted molar refractivity (Wildman–Crippen MR) is 89.9 cm³/mol. The minimum Gasteiger partial charge on any atom is -0.507 e. The van der Waals surface area contributed by atoms with Crippen molar-refractivity contribution in [1.82, 2.24) is 20.1 Å². The SMILES string of the molecule is O=C(NCc1ccc(Cn2cncn2)cc1)c1cc(Cl)ccc1O. The fourth-order valence-corrected chi connectivity index (χ4v) is 2.40. The third-order valence-corrected chi connectivity index (χ3v) is 3.73. The summed E-state index contributed by atoms with van der Waals surface area (Å²) in [4.78, 5) is 16.0. The maximum Gasteiger partial charge on any atom is 0.255 e. The Hall–Kier alpha value is -2.86. The van der Waals surface area contributed by atoms with Gasteiger partial charge in [0.05, 0.1) is 12.1 Å². The molecule has 0 bridgehead atoms. The summed E-state index contributed by atoms with van der Waals surface area (Å²) in [5.74, 6) is -0.471. The standard InChI is InChI=1S/C17H15ClN4O2/c18-14-5-6-16(23)15(7-14)17(24)20-8-12-1-3-13(4-2-12)9-22-11-19-10-21-22/h1-7,10-11,23H,8-9H2,(H,20,24). The summed E-state index contributed by atoms with van der Waals surface area (Å²) in [7, 11) is 0. The van der Waals surface area contributed by atoms with Crippen LogP contribution in [0.3, 0.4) is 0 Å². The molecule has 0 aliphatic rings. The molecule has 7 heteroatoms. The first-order chi connectivity index (χ1) is 11.6. The first kappa shape index (κ1) is 16.0. The van der Waals surface area contributed by atoms with Crippen LogP contribution in [-0.2, 0) is 13.1 Å². The molecule has 0 radical (unpaired) electrons. The van der Waals surface area contributed by atoms with Crippen LogP contribution in [0.5, 0.6) is 5.75 Å². The molecule has 0 aliphatic carbocycles. The number of hydrogen-bond donors (Lipinski definition) is 2. The van der Waals surface area contributed by atoms with Gasteiger partial charge in [-0.25, -0.2) is 9.67 Å². The van der Waals surface area contributed by atoms with Gasteiger partial charge in [-0.15, -0.1) is 0 Å². The van der Waals surface area contributed by atoms with Crippen LogP contribution in [0.2, 0.25) is 5.02 Å². The van der Waals surface area contributed by atoms with Crippen LogP contribution in [-0.4, -0.2) is 25.8 Å². The van der Waals surface area contributed by atoms with Crippen LogP contribution in [0.1, 0.15) is 21.5 Å². The lowest BCUT2D eigenvalue weighted by Crippen LogP contribution is -2.22. The van der Waals surface area contributed by atoms with Crippen molar-refractivity contribution in [3.05, 3.63) is 76.8 Å². The van der Waals surface area contributed by atoms with Crippen LogP contribution in [0, 0.1) is 0 Å². The number of aromatic nitrogens is 3. The zero-order chi connectivity index (χ0) is 16.9. The fourth-order valence-electron chi connectivity index (χ4n) is 2.23. The molecule has 0 atom stereocenters. The summed E-state index contributed by atoms with van der Waals surface area (Å²) in [6.45, 7) is 0.997. The maximum atomic E-state index is 12.1. The molecule has 3 aromatic rings. The number of aromatic hydroxyl groups is 1. The van der Waals surface area contributed by atoms with Crippen LogP contribution in [0.15, 0.2) is 55.1 Å². The van der Waals surface area contributed by atoms with Crippen LogP contribution >= 0.6 is 11.6 Å². The third kappa shape index (κ3) is 3.91. The molecule has 1 heterocycles. The molecule has 24 heavy (non-hydrogen) atoms. The van der Waals surface area contributed by atoms with E-state index in [1.165, 1.54) is 24.5 Å². The van der Waals surface area contributed by atoms with Gasteiger partial charge in [-0.2, -0.15) is 5.10 Å². The Morgan fingerprint density at radius 3 is 2.62 bits per heavy atom. The molecule has 2 aromatic carbocycles. The normalized spacial score (nSPS) is 10.5. The molecular weight excluding hydrogens is 328 g/mol. The van der Waals surface area contributed by atoms with E-state index in [9.17, 15) is 9.90 Å². The van der Waals surface area contributed by atoms with Gasteiger partial charge in [0.15, 0.2) is 0 Å². The van der Waals surface area contributed by atoms with Crippen molar-refractivity contribution in [2.75, 3.05) is 0 Å². The van der Waals surface area contributed by atoms with E-state index in [1.54, 1.807) is 11.0 Å². The van der Waals surface area contributed by atoms with Crippen molar-refractivity contribution >= 4 is 17.5 Å². The number of halogens is 1. The molecule has 6 nitrogen and oxygen atoms in total. The van der Waals surface area contributed by atoms with E-state index in [-0.39, 0.29) is 17.2 Å². The van der Waals surface area contributed by atoms with Gasteiger partial charge in [-0.1, -0.05) is 35.9 Å². The van der Waals surface area contributed by atoms with E-state index < -0.39 is 0 Å². The van der Waals surface area contributed by atoms with Gasteiger partial charge in [0.1, 0.15) is 18.4 Å². The smallest absolute Gasteiger partial charge is 0.255 e. The highest BCUT2D eigenvalue weighted by atomic mass is 35.5. The van der Waals surface area contributed by atoms with Crippen molar-refractivity contribution in [2.24, 2.45) is 0 Å². The van der Waals surface area contributed by atoms with Crippen LogP contribution < -0.4 is 5.32 Å². The highest BCUT2D eigenvalue weighted by Crippen LogP contribution is 2.21. The van der Waals surface area contributed by atoms with Crippen molar-refractivity contribution in [2.45, 2.75) is 13.1 Å². The zero-order valence-electron chi connectivity index (χ0n) is 12.7. The van der Waals surface area contributed by atoms with Gasteiger partial charge in [0.2, 0.25) is 0 Å². The lowest BCUT2D eigenvalue weighted by molar-refractivity contribution is 0.0948. The number of carbonyl (C=O) groups excluding carboxylic acids is 1. The minimum absolute atomic E-state index is 0.0971. The molecule has 0 saturated heterocycles. The first-order valence-electron chi connectivity index (χ1n) is 7.29. The van der Waals surface area contributed by atoms with Crippen LogP contribution in [0.4, 0.5) is 0 Å². The summed E-state index contributed by atoms with van der Waals surface area (Å²) in [5.41, 5.74) is 2.19. The van der Waals surface area contributed by atoms with E-state index in [4.69, 9.17) is 11.6 Å². The van der Waals surface area contributed by atoms with E-state index in [2.05, 4.69) is 15.4 Å². The summed E-state index contributed by atoms with van der Waals surface area (Å²) in [5, 5.41) is 16.9. The molecule has 0 fully saturated rings. The Kier molecular flexibility index (Phi) is 4.77. The lowest BCUT2D eigenvalue weighted by atomic mass is 10.1. The van der Waals surface area contributed by atoms with E-state index >= 15 is 0 Å². The zero-order valence-corrected chi connectivity index (χ0v) is 13.4. The van der Waals surface area contributed by atoms with Gasteiger partial charge in [-0.05, 0) is 29.3 Å². The number of hydrogen-bond acceptors (Lipinski definition) is 4. The summed E-state index contributed by atoms with van der Waals surface area (Å²) < 4.78 is 1.73. The van der Waals surface area contributed by atoms with Crippen molar-refractivity contribution < 1.29 is 9.90 Å². The number of carbonyl (C=O) groups is 1. The average Bonchev–Trinajstić information content (AvgIpc) is 3.09. The topological polar surface area (TPSA) is 80.0 Å². The second-order valence-corrected chi connectivity index (χ2v) is 5.69. The number of phenolic OH excluding ortho intramolecular Hbond substituents is 1. The van der Waals surface area contributed by atoms with E-state index in [0.717, 1.165) is 11.1 Å². The molecular formula is C17H15ClN4O2. The van der Waals surface area contributed by atoms with Gasteiger partial charge >= 0.3 is 0 Å². The number of phenols is 1. The van der Waals surface area contributed by atoms with Crippen molar-refractivity contribution in [1.29, 1.82) is 0 Å². The molecule has 3 rings (SSSR count). The van der Waals surface area contributed by atoms with Crippen LogP contribution in [0.25, 0.3) is 0 Å². The molecule has 122 valence electrons. The highest BCUT2D eigenvalue weighted by Gasteiger charge is 2.11. The highest BCUT2D eigenvalue weighted by molar-refractivity contribution is 6.31. The van der Waals surface area contributed by atoms with Gasteiger partial charge < -0.3 is 10.4 Å². The van der Waals surface area contributed by atoms with Crippen molar-refractivity contribution in [3.8, 4) is 5.75 Å². The number of amides is 1. The molecule has 1 amide bonds. The number of rotatable bonds is 5. The summed E-state index contributed by atoms with van der Waals surface area (Å²) >= 11 is 5.85. The molecule has 0 spiro atoms. The van der Waals surface area contributed by atoms with E-state index in [0.29, 0.717) is 18.1 Å². The maximum absolute atomic E-state index is 12.1. The van der Waals surface area contributed by atoms with Crippen molar-refractivity contribution in [3.63, 3.8) is 0 Å². The Bertz CT molecular complexity index is 832. The number of nitrogens with one attached hydrogen (secondary N) is 1. The Labute approximate surface area is 143 Å². The quantitative estimate of drug-likeness (QED) is 0.747.